The molecule has 4 atom stereocenters. The van der Waals surface area contributed by atoms with Crippen molar-refractivity contribution in [2.75, 3.05) is 0 Å². The lowest BCUT2D eigenvalue weighted by Gasteiger charge is -2.38. The number of hydrogen-bond donors (Lipinski definition) is 0. The van der Waals surface area contributed by atoms with E-state index in [1.807, 2.05) is 0 Å². The average Bonchev–Trinajstić information content (AvgIpc) is 3.03. The van der Waals surface area contributed by atoms with E-state index in [-0.39, 0.29) is 0 Å². The fraction of sp³-hybridized carbons (Fsp3) is 0.556. The van der Waals surface area contributed by atoms with Gasteiger partial charge in [-0.2, -0.15) is 0 Å². The first-order chi connectivity index (χ1) is 8.81. The smallest absolute Gasteiger partial charge is 0.00209 e. The van der Waals surface area contributed by atoms with Gasteiger partial charge in [-0.05, 0) is 42.4 Å². The molecule has 1 fully saturated rings. The molecule has 3 rings (SSSR count). The Morgan fingerprint density at radius 1 is 1.22 bits per heavy atom. The Labute approximate surface area is 111 Å². The summed E-state index contributed by atoms with van der Waals surface area (Å²) in [4.78, 5) is 0. The van der Waals surface area contributed by atoms with E-state index in [4.69, 9.17) is 0 Å². The van der Waals surface area contributed by atoms with Crippen molar-refractivity contribution in [1.29, 1.82) is 0 Å². The molecule has 0 amide bonds. The first-order valence-corrected chi connectivity index (χ1v) is 7.53. The van der Waals surface area contributed by atoms with Gasteiger partial charge in [-0.1, -0.05) is 68.4 Å². The third kappa shape index (κ3) is 1.58. The molecular weight excluding hydrogens is 216 g/mol. The zero-order valence-electron chi connectivity index (χ0n) is 11.6. The summed E-state index contributed by atoms with van der Waals surface area (Å²) in [6, 6.07) is 0. The minimum atomic E-state index is 0.442. The van der Waals surface area contributed by atoms with Crippen molar-refractivity contribution in [3.8, 4) is 0 Å². The van der Waals surface area contributed by atoms with Gasteiger partial charge in [0.2, 0.25) is 0 Å². The highest BCUT2D eigenvalue weighted by Crippen LogP contribution is 2.59. The maximum absolute atomic E-state index is 2.52. The van der Waals surface area contributed by atoms with Gasteiger partial charge in [0.15, 0.2) is 0 Å². The van der Waals surface area contributed by atoms with Crippen LogP contribution in [0.5, 0.6) is 0 Å². The maximum atomic E-state index is 2.52. The van der Waals surface area contributed by atoms with Gasteiger partial charge >= 0.3 is 0 Å². The van der Waals surface area contributed by atoms with Gasteiger partial charge in [-0.3, -0.25) is 0 Å². The molecule has 0 aromatic carbocycles. The highest BCUT2D eigenvalue weighted by molar-refractivity contribution is 5.32. The van der Waals surface area contributed by atoms with E-state index in [9.17, 15) is 0 Å². The lowest BCUT2D eigenvalue weighted by molar-refractivity contribution is 0.197. The summed E-state index contributed by atoms with van der Waals surface area (Å²) < 4.78 is 0. The van der Waals surface area contributed by atoms with Crippen LogP contribution in [-0.4, -0.2) is 0 Å². The molecule has 0 nitrogen and oxygen atoms in total. The van der Waals surface area contributed by atoms with Crippen LogP contribution >= 0.6 is 0 Å². The highest BCUT2D eigenvalue weighted by Gasteiger charge is 2.51. The Hall–Kier alpha value is -1.04. The van der Waals surface area contributed by atoms with Crippen molar-refractivity contribution >= 4 is 0 Å². The molecule has 0 spiro atoms. The molecule has 1 saturated carbocycles. The van der Waals surface area contributed by atoms with Crippen LogP contribution in [0.1, 0.15) is 39.5 Å². The molecule has 0 radical (unpaired) electrons. The first kappa shape index (κ1) is 12.0. The predicted octanol–water partition coefficient (Wildman–Crippen LogP) is 5.06. The molecule has 0 aliphatic heterocycles. The second-order valence-corrected chi connectivity index (χ2v) is 6.05. The topological polar surface area (TPSA) is 0 Å². The van der Waals surface area contributed by atoms with E-state index >= 15 is 0 Å². The Kier molecular flexibility index (Phi) is 3.05. The average molecular weight is 240 g/mol. The van der Waals surface area contributed by atoms with Crippen LogP contribution in [0, 0.1) is 23.2 Å². The monoisotopic (exact) mass is 240 g/mol. The Morgan fingerprint density at radius 2 is 2.11 bits per heavy atom. The zero-order valence-corrected chi connectivity index (χ0v) is 11.6. The molecule has 0 aromatic rings. The van der Waals surface area contributed by atoms with Crippen molar-refractivity contribution in [3.05, 3.63) is 48.1 Å². The second-order valence-electron chi connectivity index (χ2n) is 6.05. The lowest BCUT2D eigenvalue weighted by Crippen LogP contribution is -2.31. The quantitative estimate of drug-likeness (QED) is 0.647. The molecule has 0 bridgehead atoms. The van der Waals surface area contributed by atoms with Gasteiger partial charge in [0.05, 0.1) is 0 Å². The first-order valence-electron chi connectivity index (χ1n) is 7.53. The molecule has 0 saturated heterocycles. The maximum Gasteiger partial charge on any atom is -0.00209 e. The number of allylic oxidation sites excluding steroid dienone is 8. The Bertz CT molecular complexity index is 435. The van der Waals surface area contributed by atoms with Crippen molar-refractivity contribution < 1.29 is 0 Å². The van der Waals surface area contributed by atoms with Crippen LogP contribution in [0.3, 0.4) is 0 Å². The molecular formula is C18H24. The van der Waals surface area contributed by atoms with Crippen LogP contribution in [0.4, 0.5) is 0 Å². The fourth-order valence-electron chi connectivity index (χ4n) is 4.70. The van der Waals surface area contributed by atoms with Gasteiger partial charge in [-0.15, -0.1) is 0 Å². The molecule has 3 aliphatic carbocycles. The highest BCUT2D eigenvalue weighted by atomic mass is 14.5. The van der Waals surface area contributed by atoms with E-state index in [0.717, 1.165) is 17.8 Å². The Balaban J connectivity index is 1.95. The largest absolute Gasteiger partial charge is 0.0805 e. The molecule has 0 N–H and O–H groups in total. The van der Waals surface area contributed by atoms with Crippen LogP contribution in [-0.2, 0) is 0 Å². The standard InChI is InChI=1S/C18H24/c1-3-17-16(14-9-5-6-10-14)13-15-11-7-8-12-18(15,17)4-2/h5-9,11-12,15-17H,3-4,10,13H2,1-2H3. The molecule has 0 aromatic heterocycles. The van der Waals surface area contributed by atoms with Gasteiger partial charge in [0.1, 0.15) is 0 Å². The minimum Gasteiger partial charge on any atom is -0.0805 e. The Morgan fingerprint density at radius 3 is 2.78 bits per heavy atom. The summed E-state index contributed by atoms with van der Waals surface area (Å²) in [6.07, 6.45) is 21.6. The number of rotatable bonds is 3. The SMILES string of the molecule is CCC1C(C2=CC=CC2)CC2C=CC=CC21CC. The normalized spacial score (nSPS) is 41.2. The van der Waals surface area contributed by atoms with E-state index in [0.29, 0.717) is 5.41 Å². The van der Waals surface area contributed by atoms with E-state index < -0.39 is 0 Å². The summed E-state index contributed by atoms with van der Waals surface area (Å²) >= 11 is 0. The fourth-order valence-corrected chi connectivity index (χ4v) is 4.70. The van der Waals surface area contributed by atoms with Gasteiger partial charge < -0.3 is 0 Å². The summed E-state index contributed by atoms with van der Waals surface area (Å²) in [5.41, 5.74) is 2.13. The van der Waals surface area contributed by atoms with Crippen molar-refractivity contribution in [2.24, 2.45) is 23.2 Å². The van der Waals surface area contributed by atoms with Gasteiger partial charge in [0.25, 0.3) is 0 Å². The predicted molar refractivity (Wildman–Crippen MR) is 78.2 cm³/mol. The second kappa shape index (κ2) is 4.57. The number of fused-ring (bicyclic) bond motifs is 1. The molecule has 3 aliphatic rings. The van der Waals surface area contributed by atoms with Crippen molar-refractivity contribution in [3.63, 3.8) is 0 Å². The third-order valence-electron chi connectivity index (χ3n) is 5.56. The molecule has 0 heteroatoms. The van der Waals surface area contributed by atoms with Crippen molar-refractivity contribution in [1.82, 2.24) is 0 Å². The zero-order chi connectivity index (χ0) is 12.6. The van der Waals surface area contributed by atoms with E-state index in [1.165, 1.54) is 25.7 Å². The van der Waals surface area contributed by atoms with Gasteiger partial charge in [-0.25, -0.2) is 0 Å². The van der Waals surface area contributed by atoms with Crippen molar-refractivity contribution in [2.45, 2.75) is 39.5 Å². The summed E-state index contributed by atoms with van der Waals surface area (Å²) in [7, 11) is 0. The van der Waals surface area contributed by atoms with Gasteiger partial charge in [0, 0.05) is 0 Å². The van der Waals surface area contributed by atoms with Crippen LogP contribution < -0.4 is 0 Å². The minimum absolute atomic E-state index is 0.442. The van der Waals surface area contributed by atoms with Crippen LogP contribution in [0.15, 0.2) is 48.1 Å². The lowest BCUT2D eigenvalue weighted by atomic mass is 9.66. The van der Waals surface area contributed by atoms with E-state index in [1.54, 1.807) is 5.57 Å². The third-order valence-corrected chi connectivity index (χ3v) is 5.56. The summed E-state index contributed by atoms with van der Waals surface area (Å²) in [6.45, 7) is 4.76. The van der Waals surface area contributed by atoms with E-state index in [2.05, 4.69) is 56.4 Å². The molecule has 18 heavy (non-hydrogen) atoms. The molecule has 4 unspecified atom stereocenters. The molecule has 0 heterocycles. The summed E-state index contributed by atoms with van der Waals surface area (Å²) in [5, 5.41) is 0. The number of hydrogen-bond acceptors (Lipinski definition) is 0. The van der Waals surface area contributed by atoms with Crippen LogP contribution in [0.25, 0.3) is 0 Å². The summed E-state index contributed by atoms with van der Waals surface area (Å²) in [5.74, 6) is 2.41. The van der Waals surface area contributed by atoms with Crippen LogP contribution in [0.2, 0.25) is 0 Å². The molecule has 96 valence electrons.